The van der Waals surface area contributed by atoms with Crippen LogP contribution in [0.25, 0.3) is 0 Å². The van der Waals surface area contributed by atoms with Crippen LogP contribution in [-0.4, -0.2) is 5.91 Å². The highest BCUT2D eigenvalue weighted by Crippen LogP contribution is 2.45. The number of allylic oxidation sites excluding steroid dienone is 2. The number of fused-ring (bicyclic) bond motifs is 2. The van der Waals surface area contributed by atoms with E-state index in [4.69, 9.17) is 5.73 Å². The second-order valence-electron chi connectivity index (χ2n) is 6.49. The Morgan fingerprint density at radius 2 is 1.61 bits per heavy atom. The van der Waals surface area contributed by atoms with Crippen molar-refractivity contribution in [3.05, 3.63) is 66.7 Å². The molecule has 23 heavy (non-hydrogen) atoms. The van der Waals surface area contributed by atoms with Gasteiger partial charge in [0.1, 0.15) is 0 Å². The SMILES string of the molecule is Nc1ccc(N(C(=O)C2CC3C=CC2C3)c2ccccc2)cc1. The zero-order chi connectivity index (χ0) is 15.8. The van der Waals surface area contributed by atoms with Crippen LogP contribution in [0.5, 0.6) is 0 Å². The molecule has 2 aromatic carbocycles. The van der Waals surface area contributed by atoms with Crippen molar-refractivity contribution in [3.63, 3.8) is 0 Å². The summed E-state index contributed by atoms with van der Waals surface area (Å²) < 4.78 is 0. The molecule has 1 fully saturated rings. The quantitative estimate of drug-likeness (QED) is 0.684. The highest BCUT2D eigenvalue weighted by atomic mass is 16.2. The topological polar surface area (TPSA) is 46.3 Å². The number of benzene rings is 2. The number of anilines is 3. The highest BCUT2D eigenvalue weighted by Gasteiger charge is 2.42. The maximum Gasteiger partial charge on any atom is 0.235 e. The second-order valence-corrected chi connectivity index (χ2v) is 6.49. The van der Waals surface area contributed by atoms with E-state index in [-0.39, 0.29) is 11.8 Å². The van der Waals surface area contributed by atoms with E-state index < -0.39 is 0 Å². The van der Waals surface area contributed by atoms with Gasteiger partial charge in [-0.15, -0.1) is 0 Å². The van der Waals surface area contributed by atoms with Gasteiger partial charge in [0.2, 0.25) is 5.91 Å². The van der Waals surface area contributed by atoms with Crippen molar-refractivity contribution in [2.45, 2.75) is 12.8 Å². The summed E-state index contributed by atoms with van der Waals surface area (Å²) in [6, 6.07) is 17.4. The molecule has 4 rings (SSSR count). The third kappa shape index (κ3) is 2.52. The highest BCUT2D eigenvalue weighted by molar-refractivity contribution is 6.02. The van der Waals surface area contributed by atoms with E-state index in [0.717, 1.165) is 24.2 Å². The number of nitrogens with zero attached hydrogens (tertiary/aromatic N) is 1. The Hall–Kier alpha value is -2.55. The minimum absolute atomic E-state index is 0.0859. The van der Waals surface area contributed by atoms with Crippen LogP contribution in [0.3, 0.4) is 0 Å². The number of carbonyl (C=O) groups is 1. The van der Waals surface area contributed by atoms with E-state index in [2.05, 4.69) is 12.2 Å². The van der Waals surface area contributed by atoms with Crippen molar-refractivity contribution in [3.8, 4) is 0 Å². The molecule has 1 amide bonds. The van der Waals surface area contributed by atoms with Crippen molar-refractivity contribution in [1.82, 2.24) is 0 Å². The van der Waals surface area contributed by atoms with Crippen LogP contribution in [0.4, 0.5) is 17.1 Å². The molecule has 2 aliphatic carbocycles. The number of rotatable bonds is 3. The molecule has 0 saturated heterocycles. The zero-order valence-corrected chi connectivity index (χ0v) is 12.9. The standard InChI is InChI=1S/C20H20N2O/c21-16-8-10-18(11-9-16)22(17-4-2-1-3-5-17)20(23)19-13-14-6-7-15(19)12-14/h1-11,14-15,19H,12-13,21H2. The van der Waals surface area contributed by atoms with Gasteiger partial charge in [0.15, 0.2) is 0 Å². The Labute approximate surface area is 136 Å². The number of amides is 1. The van der Waals surface area contributed by atoms with Gasteiger partial charge in [0, 0.05) is 23.0 Å². The molecular formula is C20H20N2O. The lowest BCUT2D eigenvalue weighted by atomic mass is 9.91. The van der Waals surface area contributed by atoms with Crippen LogP contribution in [0.2, 0.25) is 0 Å². The van der Waals surface area contributed by atoms with Crippen molar-refractivity contribution in [2.24, 2.45) is 17.8 Å². The normalized spacial score (nSPS) is 24.8. The van der Waals surface area contributed by atoms with Gasteiger partial charge in [-0.3, -0.25) is 9.69 Å². The molecule has 0 heterocycles. The predicted molar refractivity (Wildman–Crippen MR) is 93.3 cm³/mol. The Kier molecular flexibility index (Phi) is 3.41. The summed E-state index contributed by atoms with van der Waals surface area (Å²) in [6.07, 6.45) is 6.59. The second kappa shape index (κ2) is 5.58. The first-order valence-electron chi connectivity index (χ1n) is 8.15. The number of nitrogens with two attached hydrogens (primary N) is 1. The third-order valence-electron chi connectivity index (χ3n) is 4.98. The van der Waals surface area contributed by atoms with Crippen LogP contribution in [0, 0.1) is 17.8 Å². The minimum Gasteiger partial charge on any atom is -0.399 e. The number of carbonyl (C=O) groups excluding carboxylic acids is 1. The summed E-state index contributed by atoms with van der Waals surface area (Å²) in [5.74, 6) is 1.26. The molecule has 3 heteroatoms. The first-order valence-corrected chi connectivity index (χ1v) is 8.15. The van der Waals surface area contributed by atoms with E-state index in [1.807, 2.05) is 59.5 Å². The molecule has 2 N–H and O–H groups in total. The molecule has 0 radical (unpaired) electrons. The monoisotopic (exact) mass is 304 g/mol. The molecule has 2 aromatic rings. The summed E-state index contributed by atoms with van der Waals surface area (Å²) in [5, 5.41) is 0. The van der Waals surface area contributed by atoms with E-state index in [9.17, 15) is 4.79 Å². The largest absolute Gasteiger partial charge is 0.399 e. The first kappa shape index (κ1) is 14.1. The van der Waals surface area contributed by atoms with Crippen molar-refractivity contribution >= 4 is 23.0 Å². The fourth-order valence-electron chi connectivity index (χ4n) is 3.83. The minimum atomic E-state index is 0.0859. The van der Waals surface area contributed by atoms with Gasteiger partial charge in [0.25, 0.3) is 0 Å². The summed E-state index contributed by atoms with van der Waals surface area (Å²) in [4.78, 5) is 15.1. The molecule has 3 atom stereocenters. The number of para-hydroxylation sites is 1. The summed E-state index contributed by atoms with van der Waals surface area (Å²) in [6.45, 7) is 0. The number of nitrogen functional groups attached to an aromatic ring is 1. The summed E-state index contributed by atoms with van der Waals surface area (Å²) >= 11 is 0. The molecule has 0 aliphatic heterocycles. The molecule has 116 valence electrons. The summed E-state index contributed by atoms with van der Waals surface area (Å²) in [7, 11) is 0. The molecule has 2 bridgehead atoms. The third-order valence-corrected chi connectivity index (χ3v) is 4.98. The van der Waals surface area contributed by atoms with Gasteiger partial charge in [-0.2, -0.15) is 0 Å². The molecular weight excluding hydrogens is 284 g/mol. The van der Waals surface area contributed by atoms with Gasteiger partial charge >= 0.3 is 0 Å². The molecule has 0 spiro atoms. The Morgan fingerprint density at radius 3 is 2.22 bits per heavy atom. The Morgan fingerprint density at radius 1 is 0.913 bits per heavy atom. The maximum atomic E-state index is 13.3. The van der Waals surface area contributed by atoms with E-state index in [1.165, 1.54) is 0 Å². The van der Waals surface area contributed by atoms with Crippen LogP contribution in [-0.2, 0) is 4.79 Å². The summed E-state index contributed by atoms with van der Waals surface area (Å²) in [5.41, 5.74) is 8.29. The number of hydrogen-bond acceptors (Lipinski definition) is 2. The number of hydrogen-bond donors (Lipinski definition) is 1. The van der Waals surface area contributed by atoms with Crippen molar-refractivity contribution in [1.29, 1.82) is 0 Å². The average molecular weight is 304 g/mol. The average Bonchev–Trinajstić information content (AvgIpc) is 3.21. The van der Waals surface area contributed by atoms with Crippen LogP contribution < -0.4 is 10.6 Å². The maximum absolute atomic E-state index is 13.3. The lowest BCUT2D eigenvalue weighted by Gasteiger charge is -2.28. The van der Waals surface area contributed by atoms with Gasteiger partial charge in [-0.1, -0.05) is 30.4 Å². The molecule has 3 unspecified atom stereocenters. The fraction of sp³-hybridized carbons (Fsp3) is 0.250. The van der Waals surface area contributed by atoms with Crippen LogP contribution >= 0.6 is 0 Å². The van der Waals surface area contributed by atoms with Crippen LogP contribution in [0.1, 0.15) is 12.8 Å². The molecule has 0 aromatic heterocycles. The molecule has 3 nitrogen and oxygen atoms in total. The Bertz CT molecular complexity index is 736. The lowest BCUT2D eigenvalue weighted by molar-refractivity contribution is -0.122. The lowest BCUT2D eigenvalue weighted by Crippen LogP contribution is -2.34. The first-order chi connectivity index (χ1) is 11.2. The van der Waals surface area contributed by atoms with Gasteiger partial charge in [-0.25, -0.2) is 0 Å². The predicted octanol–water partition coefficient (Wildman–Crippen LogP) is 4.15. The van der Waals surface area contributed by atoms with Gasteiger partial charge in [-0.05, 0) is 61.1 Å². The van der Waals surface area contributed by atoms with Crippen molar-refractivity contribution in [2.75, 3.05) is 10.6 Å². The van der Waals surface area contributed by atoms with Crippen LogP contribution in [0.15, 0.2) is 66.7 Å². The Balaban J connectivity index is 1.72. The van der Waals surface area contributed by atoms with E-state index >= 15 is 0 Å². The smallest absolute Gasteiger partial charge is 0.235 e. The molecule has 2 aliphatic rings. The van der Waals surface area contributed by atoms with E-state index in [0.29, 0.717) is 17.5 Å². The molecule has 1 saturated carbocycles. The van der Waals surface area contributed by atoms with Crippen molar-refractivity contribution < 1.29 is 4.79 Å². The zero-order valence-electron chi connectivity index (χ0n) is 12.9. The fourth-order valence-corrected chi connectivity index (χ4v) is 3.83. The van der Waals surface area contributed by atoms with Gasteiger partial charge in [0.05, 0.1) is 0 Å². The van der Waals surface area contributed by atoms with E-state index in [1.54, 1.807) is 0 Å². The van der Waals surface area contributed by atoms with Gasteiger partial charge < -0.3 is 5.73 Å².